The molecule has 0 radical (unpaired) electrons. The van der Waals surface area contributed by atoms with E-state index >= 15 is 0 Å². The van der Waals surface area contributed by atoms with Crippen LogP contribution in [-0.4, -0.2) is 10.9 Å². The van der Waals surface area contributed by atoms with E-state index in [-0.39, 0.29) is 5.69 Å². The number of hydrogen-bond donors (Lipinski definition) is 1. The van der Waals surface area contributed by atoms with Crippen molar-refractivity contribution in [2.24, 2.45) is 5.73 Å². The first-order chi connectivity index (χ1) is 9.75. The molecule has 1 heterocycles. The number of rotatable bonds is 3. The molecule has 3 aromatic rings. The molecule has 2 aromatic carbocycles. The quantitative estimate of drug-likeness (QED) is 0.790. The normalized spacial score (nSPS) is 10.4. The summed E-state index contributed by atoms with van der Waals surface area (Å²) >= 11 is 0. The van der Waals surface area contributed by atoms with Crippen LogP contribution in [-0.2, 0) is 0 Å². The van der Waals surface area contributed by atoms with Crippen LogP contribution in [0.2, 0.25) is 0 Å². The lowest BCUT2D eigenvalue weighted by molar-refractivity contribution is 0.0996. The van der Waals surface area contributed by atoms with Gasteiger partial charge < -0.3 is 10.2 Å². The molecule has 2 N–H and O–H groups in total. The predicted molar refractivity (Wildman–Crippen MR) is 75.9 cm³/mol. The largest absolute Gasteiger partial charge is 0.435 e. The highest BCUT2D eigenvalue weighted by atomic mass is 16.4. The molecule has 0 saturated carbocycles. The summed E-state index contributed by atoms with van der Waals surface area (Å²) < 4.78 is 5.74. The van der Waals surface area contributed by atoms with Crippen molar-refractivity contribution in [3.05, 3.63) is 66.4 Å². The van der Waals surface area contributed by atoms with Crippen molar-refractivity contribution in [2.75, 3.05) is 0 Å². The standard InChI is InChI=1S/C16H12N2O2/c17-15(19)13-14(11-7-3-1-4-8-11)20-16(18-13)12-9-5-2-6-10-12/h1-10H,(H2,17,19). The molecule has 98 valence electrons. The number of carbonyl (C=O) groups excluding carboxylic acids is 1. The van der Waals surface area contributed by atoms with Crippen molar-refractivity contribution in [1.82, 2.24) is 4.98 Å². The Balaban J connectivity index is 2.15. The summed E-state index contributed by atoms with van der Waals surface area (Å²) in [4.78, 5) is 15.8. The molecule has 0 spiro atoms. The van der Waals surface area contributed by atoms with E-state index in [0.717, 1.165) is 11.1 Å². The zero-order valence-corrected chi connectivity index (χ0v) is 10.6. The maximum atomic E-state index is 11.5. The van der Waals surface area contributed by atoms with E-state index < -0.39 is 5.91 Å². The first kappa shape index (κ1) is 12.2. The molecule has 4 nitrogen and oxygen atoms in total. The fraction of sp³-hybridized carbons (Fsp3) is 0. The van der Waals surface area contributed by atoms with Gasteiger partial charge in [-0.15, -0.1) is 0 Å². The lowest BCUT2D eigenvalue weighted by Gasteiger charge is -1.97. The van der Waals surface area contributed by atoms with Crippen LogP contribution in [0.15, 0.2) is 65.1 Å². The Labute approximate surface area is 115 Å². The maximum absolute atomic E-state index is 11.5. The fourth-order valence-electron chi connectivity index (χ4n) is 1.98. The van der Waals surface area contributed by atoms with Gasteiger partial charge in [-0.1, -0.05) is 48.5 Å². The van der Waals surface area contributed by atoms with Gasteiger partial charge in [0.05, 0.1) is 0 Å². The summed E-state index contributed by atoms with van der Waals surface area (Å²) in [6.45, 7) is 0. The van der Waals surface area contributed by atoms with Crippen molar-refractivity contribution in [3.8, 4) is 22.8 Å². The Bertz CT molecular complexity index is 734. The van der Waals surface area contributed by atoms with Crippen LogP contribution in [0.5, 0.6) is 0 Å². The highest BCUT2D eigenvalue weighted by molar-refractivity contribution is 5.97. The summed E-state index contributed by atoms with van der Waals surface area (Å²) in [5, 5.41) is 0. The number of hydrogen-bond acceptors (Lipinski definition) is 3. The maximum Gasteiger partial charge on any atom is 0.271 e. The number of benzene rings is 2. The van der Waals surface area contributed by atoms with Crippen LogP contribution in [0.25, 0.3) is 22.8 Å². The van der Waals surface area contributed by atoms with Gasteiger partial charge in [0.15, 0.2) is 11.5 Å². The summed E-state index contributed by atoms with van der Waals surface area (Å²) in [6, 6.07) is 18.7. The minimum Gasteiger partial charge on any atom is -0.435 e. The van der Waals surface area contributed by atoms with Crippen molar-refractivity contribution < 1.29 is 9.21 Å². The van der Waals surface area contributed by atoms with Crippen LogP contribution >= 0.6 is 0 Å². The van der Waals surface area contributed by atoms with Gasteiger partial charge in [0.25, 0.3) is 5.91 Å². The molecule has 4 heteroatoms. The molecule has 0 unspecified atom stereocenters. The van der Waals surface area contributed by atoms with Gasteiger partial charge in [-0.2, -0.15) is 0 Å². The number of nitrogens with two attached hydrogens (primary N) is 1. The SMILES string of the molecule is NC(=O)c1nc(-c2ccccc2)oc1-c1ccccc1. The number of aromatic nitrogens is 1. The van der Waals surface area contributed by atoms with Gasteiger partial charge in [0, 0.05) is 11.1 Å². The summed E-state index contributed by atoms with van der Waals surface area (Å²) in [6.07, 6.45) is 0. The molecule has 0 bridgehead atoms. The first-order valence-corrected chi connectivity index (χ1v) is 6.17. The van der Waals surface area contributed by atoms with Crippen molar-refractivity contribution >= 4 is 5.91 Å². The van der Waals surface area contributed by atoms with E-state index in [1.54, 1.807) is 0 Å². The topological polar surface area (TPSA) is 69.1 Å². The van der Waals surface area contributed by atoms with Crippen LogP contribution < -0.4 is 5.73 Å². The van der Waals surface area contributed by atoms with Crippen molar-refractivity contribution in [2.45, 2.75) is 0 Å². The van der Waals surface area contributed by atoms with Gasteiger partial charge in [-0.05, 0) is 12.1 Å². The van der Waals surface area contributed by atoms with Crippen molar-refractivity contribution in [1.29, 1.82) is 0 Å². The third-order valence-corrected chi connectivity index (χ3v) is 2.92. The summed E-state index contributed by atoms with van der Waals surface area (Å²) in [5.41, 5.74) is 7.11. The van der Waals surface area contributed by atoms with Crippen molar-refractivity contribution in [3.63, 3.8) is 0 Å². The number of carbonyl (C=O) groups is 1. The van der Waals surface area contributed by atoms with E-state index in [4.69, 9.17) is 10.2 Å². The zero-order chi connectivity index (χ0) is 13.9. The summed E-state index contributed by atoms with van der Waals surface area (Å²) in [5.74, 6) is 0.185. The number of primary amides is 1. The second kappa shape index (κ2) is 5.01. The Morgan fingerprint density at radius 2 is 1.45 bits per heavy atom. The Morgan fingerprint density at radius 3 is 2.00 bits per heavy atom. The van der Waals surface area contributed by atoms with Gasteiger partial charge in [0.2, 0.25) is 5.89 Å². The molecule has 0 fully saturated rings. The highest BCUT2D eigenvalue weighted by Gasteiger charge is 2.19. The Hall–Kier alpha value is -2.88. The molecular formula is C16H12N2O2. The molecule has 20 heavy (non-hydrogen) atoms. The van der Waals surface area contributed by atoms with Gasteiger partial charge in [-0.3, -0.25) is 4.79 Å². The number of amides is 1. The lowest BCUT2D eigenvalue weighted by atomic mass is 10.1. The lowest BCUT2D eigenvalue weighted by Crippen LogP contribution is -2.12. The molecule has 3 rings (SSSR count). The summed E-state index contributed by atoms with van der Waals surface area (Å²) in [7, 11) is 0. The first-order valence-electron chi connectivity index (χ1n) is 6.17. The van der Waals surface area contributed by atoms with E-state index in [1.807, 2.05) is 60.7 Å². The van der Waals surface area contributed by atoms with Crippen LogP contribution in [0.4, 0.5) is 0 Å². The van der Waals surface area contributed by atoms with E-state index in [1.165, 1.54) is 0 Å². The molecule has 0 atom stereocenters. The second-order valence-corrected chi connectivity index (χ2v) is 4.29. The molecule has 0 aliphatic heterocycles. The molecule has 1 aromatic heterocycles. The average Bonchev–Trinajstić information content (AvgIpc) is 2.94. The van der Waals surface area contributed by atoms with Gasteiger partial charge in [0.1, 0.15) is 0 Å². The molecule has 0 aliphatic carbocycles. The minimum atomic E-state index is -0.602. The third kappa shape index (κ3) is 2.19. The monoisotopic (exact) mass is 264 g/mol. The average molecular weight is 264 g/mol. The molecule has 0 saturated heterocycles. The van der Waals surface area contributed by atoms with Gasteiger partial charge >= 0.3 is 0 Å². The number of nitrogens with zero attached hydrogens (tertiary/aromatic N) is 1. The molecule has 1 amide bonds. The molecule has 0 aliphatic rings. The smallest absolute Gasteiger partial charge is 0.271 e. The van der Waals surface area contributed by atoms with E-state index in [0.29, 0.717) is 11.7 Å². The Morgan fingerprint density at radius 1 is 0.900 bits per heavy atom. The number of oxazole rings is 1. The fourth-order valence-corrected chi connectivity index (χ4v) is 1.98. The third-order valence-electron chi connectivity index (χ3n) is 2.92. The highest BCUT2D eigenvalue weighted by Crippen LogP contribution is 2.29. The second-order valence-electron chi connectivity index (χ2n) is 4.29. The van der Waals surface area contributed by atoms with E-state index in [2.05, 4.69) is 4.98 Å². The predicted octanol–water partition coefficient (Wildman–Crippen LogP) is 3.11. The van der Waals surface area contributed by atoms with E-state index in [9.17, 15) is 4.79 Å². The molecular weight excluding hydrogens is 252 g/mol. The van der Waals surface area contributed by atoms with Crippen LogP contribution in [0.3, 0.4) is 0 Å². The van der Waals surface area contributed by atoms with Gasteiger partial charge in [-0.25, -0.2) is 4.98 Å². The Kier molecular flexibility index (Phi) is 3.05. The minimum absolute atomic E-state index is 0.148. The van der Waals surface area contributed by atoms with Crippen LogP contribution in [0, 0.1) is 0 Å². The zero-order valence-electron chi connectivity index (χ0n) is 10.6. The van der Waals surface area contributed by atoms with Crippen LogP contribution in [0.1, 0.15) is 10.5 Å².